The molecule has 1 aliphatic heterocycles. The van der Waals surface area contributed by atoms with Gasteiger partial charge in [0.25, 0.3) is 0 Å². The standard InChI is InChI=1S/C15H19ClN2O3/c1-10(19)13-3-2-12(8-14(13)16)18-15(20)21-9-11-4-6-17-7-5-11/h2-3,8,11,17H,4-7,9H2,1H3,(H,18,20). The highest BCUT2D eigenvalue weighted by Gasteiger charge is 2.15. The molecule has 6 heteroatoms. The maximum absolute atomic E-state index is 11.7. The van der Waals surface area contributed by atoms with Crippen LogP contribution in [0.1, 0.15) is 30.1 Å². The molecule has 0 aliphatic carbocycles. The largest absolute Gasteiger partial charge is 0.449 e. The molecule has 2 N–H and O–H groups in total. The summed E-state index contributed by atoms with van der Waals surface area (Å²) in [5.74, 6) is 0.306. The summed E-state index contributed by atoms with van der Waals surface area (Å²) in [4.78, 5) is 23.0. The number of ketones is 1. The zero-order chi connectivity index (χ0) is 15.2. The summed E-state index contributed by atoms with van der Waals surface area (Å²) in [5, 5.41) is 6.20. The van der Waals surface area contributed by atoms with Crippen LogP contribution in [0.2, 0.25) is 5.02 Å². The van der Waals surface area contributed by atoms with E-state index in [0.29, 0.717) is 28.8 Å². The Morgan fingerprint density at radius 2 is 2.10 bits per heavy atom. The van der Waals surface area contributed by atoms with Gasteiger partial charge in [-0.05, 0) is 57.0 Å². The Balaban J connectivity index is 1.84. The molecule has 1 aromatic carbocycles. The van der Waals surface area contributed by atoms with Crippen LogP contribution in [0.25, 0.3) is 0 Å². The van der Waals surface area contributed by atoms with Crippen molar-refractivity contribution in [1.82, 2.24) is 5.32 Å². The number of halogens is 1. The summed E-state index contributed by atoms with van der Waals surface area (Å²) in [5.41, 5.74) is 0.950. The van der Waals surface area contributed by atoms with Crippen LogP contribution in [0, 0.1) is 5.92 Å². The molecule has 114 valence electrons. The van der Waals surface area contributed by atoms with Crippen molar-refractivity contribution in [1.29, 1.82) is 0 Å². The zero-order valence-electron chi connectivity index (χ0n) is 11.9. The molecule has 1 aliphatic rings. The van der Waals surface area contributed by atoms with E-state index < -0.39 is 6.09 Å². The third kappa shape index (κ3) is 4.72. The van der Waals surface area contributed by atoms with Gasteiger partial charge in [0.15, 0.2) is 5.78 Å². The highest BCUT2D eigenvalue weighted by atomic mass is 35.5. The maximum atomic E-state index is 11.7. The SMILES string of the molecule is CC(=O)c1ccc(NC(=O)OCC2CCNCC2)cc1Cl. The number of amides is 1. The van der Waals surface area contributed by atoms with E-state index >= 15 is 0 Å². The van der Waals surface area contributed by atoms with Crippen molar-refractivity contribution in [3.8, 4) is 0 Å². The zero-order valence-corrected chi connectivity index (χ0v) is 12.7. The molecule has 0 radical (unpaired) electrons. The molecule has 1 amide bonds. The minimum atomic E-state index is -0.500. The van der Waals surface area contributed by atoms with Crippen LogP contribution >= 0.6 is 11.6 Å². The quantitative estimate of drug-likeness (QED) is 0.839. The van der Waals surface area contributed by atoms with Gasteiger partial charge in [0, 0.05) is 11.3 Å². The molecular formula is C15H19ClN2O3. The number of carbonyl (C=O) groups excluding carboxylic acids is 2. The van der Waals surface area contributed by atoms with Crippen molar-refractivity contribution >= 4 is 29.2 Å². The predicted molar refractivity (Wildman–Crippen MR) is 82.0 cm³/mol. The van der Waals surface area contributed by atoms with Crippen molar-refractivity contribution in [3.63, 3.8) is 0 Å². The molecule has 2 rings (SSSR count). The lowest BCUT2D eigenvalue weighted by Crippen LogP contribution is -2.31. The monoisotopic (exact) mass is 310 g/mol. The first-order valence-electron chi connectivity index (χ1n) is 7.01. The van der Waals surface area contributed by atoms with Crippen LogP contribution in [0.5, 0.6) is 0 Å². The van der Waals surface area contributed by atoms with Gasteiger partial charge in [-0.15, -0.1) is 0 Å². The maximum Gasteiger partial charge on any atom is 0.411 e. The molecule has 1 heterocycles. The first kappa shape index (κ1) is 15.8. The summed E-state index contributed by atoms with van der Waals surface area (Å²) in [6, 6.07) is 4.77. The fourth-order valence-electron chi connectivity index (χ4n) is 2.27. The van der Waals surface area contributed by atoms with E-state index in [0.717, 1.165) is 25.9 Å². The van der Waals surface area contributed by atoms with Gasteiger partial charge >= 0.3 is 6.09 Å². The Kier molecular flexibility index (Phi) is 5.59. The van der Waals surface area contributed by atoms with Gasteiger partial charge in [-0.1, -0.05) is 11.6 Å². The number of rotatable bonds is 4. The number of Topliss-reactive ketones (excluding diaryl/α,β-unsaturated/α-hetero) is 1. The van der Waals surface area contributed by atoms with E-state index in [9.17, 15) is 9.59 Å². The van der Waals surface area contributed by atoms with Crippen LogP contribution < -0.4 is 10.6 Å². The Hall–Kier alpha value is -1.59. The highest BCUT2D eigenvalue weighted by Crippen LogP contribution is 2.21. The molecule has 1 saturated heterocycles. The van der Waals surface area contributed by atoms with Gasteiger partial charge in [-0.3, -0.25) is 10.1 Å². The smallest absolute Gasteiger partial charge is 0.411 e. The fourth-order valence-corrected chi connectivity index (χ4v) is 2.59. The first-order chi connectivity index (χ1) is 10.1. The lowest BCUT2D eigenvalue weighted by molar-refractivity contribution is 0.101. The number of hydrogen-bond acceptors (Lipinski definition) is 4. The van der Waals surface area contributed by atoms with Crippen molar-refractivity contribution in [2.45, 2.75) is 19.8 Å². The average Bonchev–Trinajstić information content (AvgIpc) is 2.46. The number of nitrogens with one attached hydrogen (secondary N) is 2. The molecule has 0 bridgehead atoms. The van der Waals surface area contributed by atoms with Gasteiger partial charge < -0.3 is 10.1 Å². The van der Waals surface area contributed by atoms with Gasteiger partial charge in [0.2, 0.25) is 0 Å². The van der Waals surface area contributed by atoms with Crippen molar-refractivity contribution in [3.05, 3.63) is 28.8 Å². The Bertz CT molecular complexity index is 528. The number of hydrogen-bond donors (Lipinski definition) is 2. The Labute approximate surface area is 129 Å². The van der Waals surface area contributed by atoms with Crippen LogP contribution in [0.15, 0.2) is 18.2 Å². The van der Waals surface area contributed by atoms with Crippen molar-refractivity contribution in [2.24, 2.45) is 5.92 Å². The topological polar surface area (TPSA) is 67.4 Å². The van der Waals surface area contributed by atoms with E-state index in [-0.39, 0.29) is 5.78 Å². The third-order valence-corrected chi connectivity index (χ3v) is 3.82. The number of benzene rings is 1. The van der Waals surface area contributed by atoms with E-state index in [1.807, 2.05) is 0 Å². The normalized spacial score (nSPS) is 15.5. The van der Waals surface area contributed by atoms with Gasteiger partial charge in [-0.25, -0.2) is 4.79 Å². The first-order valence-corrected chi connectivity index (χ1v) is 7.39. The third-order valence-electron chi connectivity index (χ3n) is 3.50. The molecule has 1 fully saturated rings. The number of ether oxygens (including phenoxy) is 1. The minimum Gasteiger partial charge on any atom is -0.449 e. The lowest BCUT2D eigenvalue weighted by Gasteiger charge is -2.22. The number of anilines is 1. The minimum absolute atomic E-state index is 0.111. The molecule has 0 spiro atoms. The second-order valence-corrected chi connectivity index (χ2v) is 5.57. The molecule has 0 atom stereocenters. The second-order valence-electron chi connectivity index (χ2n) is 5.17. The Morgan fingerprint density at radius 3 is 2.71 bits per heavy atom. The van der Waals surface area contributed by atoms with Gasteiger partial charge in [0.05, 0.1) is 11.6 Å². The molecule has 1 aromatic rings. The van der Waals surface area contributed by atoms with Crippen molar-refractivity contribution < 1.29 is 14.3 Å². The number of piperidine rings is 1. The summed E-state index contributed by atoms with van der Waals surface area (Å²) >= 11 is 5.99. The van der Waals surface area contributed by atoms with Crippen molar-refractivity contribution in [2.75, 3.05) is 25.0 Å². The van der Waals surface area contributed by atoms with Gasteiger partial charge in [0.1, 0.15) is 0 Å². The summed E-state index contributed by atoms with van der Waals surface area (Å²) in [6.07, 6.45) is 1.54. The summed E-state index contributed by atoms with van der Waals surface area (Å²) < 4.78 is 5.22. The molecule has 0 saturated carbocycles. The van der Waals surface area contributed by atoms with Crippen LogP contribution in [-0.4, -0.2) is 31.6 Å². The summed E-state index contributed by atoms with van der Waals surface area (Å²) in [7, 11) is 0. The van der Waals surface area contributed by atoms with E-state index in [1.165, 1.54) is 6.92 Å². The molecule has 0 aromatic heterocycles. The van der Waals surface area contributed by atoms with E-state index in [1.54, 1.807) is 18.2 Å². The van der Waals surface area contributed by atoms with Crippen LogP contribution in [-0.2, 0) is 4.74 Å². The summed E-state index contributed by atoms with van der Waals surface area (Å²) in [6.45, 7) is 3.81. The molecule has 21 heavy (non-hydrogen) atoms. The average molecular weight is 311 g/mol. The molecule has 5 nitrogen and oxygen atoms in total. The van der Waals surface area contributed by atoms with Crippen LogP contribution in [0.3, 0.4) is 0 Å². The number of carbonyl (C=O) groups is 2. The molecular weight excluding hydrogens is 292 g/mol. The Morgan fingerprint density at radius 1 is 1.38 bits per heavy atom. The van der Waals surface area contributed by atoms with Gasteiger partial charge in [-0.2, -0.15) is 0 Å². The van der Waals surface area contributed by atoms with E-state index in [2.05, 4.69) is 10.6 Å². The highest BCUT2D eigenvalue weighted by molar-refractivity contribution is 6.34. The molecule has 0 unspecified atom stereocenters. The second kappa shape index (κ2) is 7.43. The lowest BCUT2D eigenvalue weighted by atomic mass is 9.99. The van der Waals surface area contributed by atoms with E-state index in [4.69, 9.17) is 16.3 Å². The van der Waals surface area contributed by atoms with Crippen LogP contribution in [0.4, 0.5) is 10.5 Å². The predicted octanol–water partition coefficient (Wildman–Crippen LogP) is 3.09. The fraction of sp³-hybridized carbons (Fsp3) is 0.467.